The number of hydrogen-bond acceptors (Lipinski definition) is 5. The maximum absolute atomic E-state index is 12.7. The fourth-order valence-electron chi connectivity index (χ4n) is 3.06. The zero-order valence-electron chi connectivity index (χ0n) is 17.9. The second-order valence-electron chi connectivity index (χ2n) is 8.30. The molecule has 4 rings (SSSR count). The van der Waals surface area contributed by atoms with Crippen molar-refractivity contribution in [1.29, 1.82) is 0 Å². The first-order chi connectivity index (χ1) is 14.9. The minimum Gasteiger partial charge on any atom is -0.310 e. The lowest BCUT2D eigenvalue weighted by atomic mass is 9.92. The topological polar surface area (TPSA) is 90.5 Å². The summed E-state index contributed by atoms with van der Waals surface area (Å²) in [5.41, 5.74) is 2.65. The van der Waals surface area contributed by atoms with Crippen molar-refractivity contribution in [1.82, 2.24) is 29.5 Å². The largest absolute Gasteiger partial charge is 0.310 e. The Morgan fingerprint density at radius 3 is 2.52 bits per heavy atom. The molecule has 0 saturated carbocycles. The number of carbonyl (C=O) groups excluding carboxylic acids is 1. The van der Waals surface area contributed by atoms with Crippen molar-refractivity contribution in [3.63, 3.8) is 0 Å². The van der Waals surface area contributed by atoms with Crippen LogP contribution >= 0.6 is 0 Å². The molecule has 0 radical (unpaired) electrons. The predicted molar refractivity (Wildman–Crippen MR) is 118 cm³/mol. The first-order valence-corrected chi connectivity index (χ1v) is 10.2. The van der Waals surface area contributed by atoms with E-state index in [-0.39, 0.29) is 11.3 Å². The third-order valence-corrected chi connectivity index (χ3v) is 4.78. The summed E-state index contributed by atoms with van der Waals surface area (Å²) in [6.45, 7) is 6.21. The maximum atomic E-state index is 12.7. The van der Waals surface area contributed by atoms with E-state index in [2.05, 4.69) is 46.3 Å². The number of anilines is 1. The van der Waals surface area contributed by atoms with E-state index in [0.717, 1.165) is 16.9 Å². The van der Waals surface area contributed by atoms with Crippen molar-refractivity contribution >= 4 is 11.7 Å². The summed E-state index contributed by atoms with van der Waals surface area (Å²) in [7, 11) is 0. The van der Waals surface area contributed by atoms with Gasteiger partial charge in [-0.1, -0.05) is 39.0 Å². The van der Waals surface area contributed by atoms with Crippen LogP contribution in [0.4, 0.5) is 5.82 Å². The van der Waals surface area contributed by atoms with E-state index in [1.807, 2.05) is 47.3 Å². The van der Waals surface area contributed by atoms with Crippen molar-refractivity contribution in [3.8, 4) is 11.6 Å². The van der Waals surface area contributed by atoms with Crippen LogP contribution in [0.15, 0.2) is 67.3 Å². The maximum Gasteiger partial charge on any atom is 0.252 e. The van der Waals surface area contributed by atoms with Gasteiger partial charge in [-0.05, 0) is 30.2 Å². The SMILES string of the molecule is CC(C)(C)c1cc(NC(=O)CCc2cnn(-c3ccccc3)c2)n(-c2ncccn2)n1. The van der Waals surface area contributed by atoms with Gasteiger partial charge in [0.1, 0.15) is 5.82 Å². The molecule has 158 valence electrons. The lowest BCUT2D eigenvalue weighted by Crippen LogP contribution is -2.16. The predicted octanol–water partition coefficient (Wildman–Crippen LogP) is 3.72. The molecule has 0 fully saturated rings. The molecule has 4 aromatic rings. The molecule has 0 aliphatic heterocycles. The Kier molecular flexibility index (Phi) is 5.62. The number of benzene rings is 1. The van der Waals surface area contributed by atoms with E-state index >= 15 is 0 Å². The highest BCUT2D eigenvalue weighted by Gasteiger charge is 2.22. The van der Waals surface area contributed by atoms with E-state index in [9.17, 15) is 4.79 Å². The summed E-state index contributed by atoms with van der Waals surface area (Å²) >= 11 is 0. The number of nitrogens with zero attached hydrogens (tertiary/aromatic N) is 6. The number of para-hydroxylation sites is 1. The van der Waals surface area contributed by atoms with Gasteiger partial charge >= 0.3 is 0 Å². The highest BCUT2D eigenvalue weighted by atomic mass is 16.1. The summed E-state index contributed by atoms with van der Waals surface area (Å²) in [6, 6.07) is 13.5. The lowest BCUT2D eigenvalue weighted by Gasteiger charge is -2.13. The molecule has 1 amide bonds. The lowest BCUT2D eigenvalue weighted by molar-refractivity contribution is -0.116. The molecule has 3 aromatic heterocycles. The third kappa shape index (κ3) is 4.85. The normalized spacial score (nSPS) is 11.5. The first kappa shape index (κ1) is 20.5. The van der Waals surface area contributed by atoms with Crippen LogP contribution in [0.2, 0.25) is 0 Å². The highest BCUT2D eigenvalue weighted by Crippen LogP contribution is 2.25. The highest BCUT2D eigenvalue weighted by molar-refractivity contribution is 5.90. The van der Waals surface area contributed by atoms with E-state index < -0.39 is 0 Å². The number of hydrogen-bond donors (Lipinski definition) is 1. The van der Waals surface area contributed by atoms with E-state index in [0.29, 0.717) is 24.6 Å². The van der Waals surface area contributed by atoms with Crippen molar-refractivity contribution in [2.24, 2.45) is 0 Å². The quantitative estimate of drug-likeness (QED) is 0.518. The second-order valence-corrected chi connectivity index (χ2v) is 8.30. The van der Waals surface area contributed by atoms with E-state index in [1.54, 1.807) is 29.3 Å². The summed E-state index contributed by atoms with van der Waals surface area (Å²) in [5.74, 6) is 0.864. The van der Waals surface area contributed by atoms with Crippen molar-refractivity contribution in [3.05, 3.63) is 78.5 Å². The van der Waals surface area contributed by atoms with Crippen LogP contribution in [0.5, 0.6) is 0 Å². The minimum atomic E-state index is -0.175. The Balaban J connectivity index is 1.46. The fourth-order valence-corrected chi connectivity index (χ4v) is 3.06. The third-order valence-electron chi connectivity index (χ3n) is 4.78. The number of carbonyl (C=O) groups is 1. The zero-order valence-corrected chi connectivity index (χ0v) is 17.9. The van der Waals surface area contributed by atoms with Crippen LogP contribution in [-0.2, 0) is 16.6 Å². The Morgan fingerprint density at radius 2 is 1.81 bits per heavy atom. The molecule has 0 saturated heterocycles. The van der Waals surface area contributed by atoms with E-state index in [4.69, 9.17) is 0 Å². The molecule has 31 heavy (non-hydrogen) atoms. The van der Waals surface area contributed by atoms with Gasteiger partial charge in [0, 0.05) is 36.5 Å². The van der Waals surface area contributed by atoms with E-state index in [1.165, 1.54) is 0 Å². The van der Waals surface area contributed by atoms with Crippen LogP contribution < -0.4 is 5.32 Å². The molecule has 0 spiro atoms. The Labute approximate surface area is 181 Å². The Hall–Kier alpha value is -3.81. The smallest absolute Gasteiger partial charge is 0.252 e. The van der Waals surface area contributed by atoms with Crippen molar-refractivity contribution in [2.45, 2.75) is 39.0 Å². The van der Waals surface area contributed by atoms with Gasteiger partial charge in [0.05, 0.1) is 17.6 Å². The molecule has 0 bridgehead atoms. The van der Waals surface area contributed by atoms with Crippen molar-refractivity contribution in [2.75, 3.05) is 5.32 Å². The Bertz CT molecular complexity index is 1160. The molecule has 0 unspecified atom stereocenters. The number of aryl methyl sites for hydroxylation is 1. The second kappa shape index (κ2) is 8.51. The molecular weight excluding hydrogens is 390 g/mol. The zero-order chi connectivity index (χ0) is 21.8. The van der Waals surface area contributed by atoms with Crippen LogP contribution in [0.3, 0.4) is 0 Å². The van der Waals surface area contributed by atoms with Gasteiger partial charge in [-0.2, -0.15) is 14.9 Å². The average Bonchev–Trinajstić information content (AvgIpc) is 3.41. The molecule has 1 N–H and O–H groups in total. The van der Waals surface area contributed by atoms with Crippen molar-refractivity contribution < 1.29 is 4.79 Å². The molecular formula is C23H25N7O. The van der Waals surface area contributed by atoms with Gasteiger partial charge in [0.2, 0.25) is 5.91 Å². The standard InChI is InChI=1S/C23H25N7O/c1-23(2,3)19-14-20(30(28-19)22-24-12-7-13-25-22)27-21(31)11-10-17-15-26-29(16-17)18-8-5-4-6-9-18/h4-9,12-16H,10-11H2,1-3H3,(H,27,31). The van der Waals surface area contributed by atoms with Gasteiger partial charge in [-0.25, -0.2) is 14.6 Å². The monoisotopic (exact) mass is 415 g/mol. The average molecular weight is 416 g/mol. The summed E-state index contributed by atoms with van der Waals surface area (Å²) in [5, 5.41) is 12.0. The minimum absolute atomic E-state index is 0.106. The fraction of sp³-hybridized carbons (Fsp3) is 0.261. The van der Waals surface area contributed by atoms with Gasteiger partial charge in [0.25, 0.3) is 5.95 Å². The van der Waals surface area contributed by atoms with Gasteiger partial charge in [0.15, 0.2) is 0 Å². The number of aromatic nitrogens is 6. The van der Waals surface area contributed by atoms with Gasteiger partial charge < -0.3 is 5.32 Å². The number of amides is 1. The van der Waals surface area contributed by atoms with Crippen LogP contribution in [0.1, 0.15) is 38.4 Å². The van der Waals surface area contributed by atoms with Crippen LogP contribution in [0, 0.1) is 0 Å². The molecule has 3 heterocycles. The summed E-state index contributed by atoms with van der Waals surface area (Å²) in [4.78, 5) is 21.2. The summed E-state index contributed by atoms with van der Waals surface area (Å²) in [6.07, 6.45) is 7.95. The summed E-state index contributed by atoms with van der Waals surface area (Å²) < 4.78 is 3.39. The van der Waals surface area contributed by atoms with Gasteiger partial charge in [-0.15, -0.1) is 0 Å². The molecule has 1 aromatic carbocycles. The number of nitrogens with one attached hydrogen (secondary N) is 1. The van der Waals surface area contributed by atoms with Gasteiger partial charge in [-0.3, -0.25) is 4.79 Å². The molecule has 8 heteroatoms. The Morgan fingerprint density at radius 1 is 1.06 bits per heavy atom. The van der Waals surface area contributed by atoms with Crippen LogP contribution in [-0.4, -0.2) is 35.4 Å². The molecule has 0 aliphatic rings. The molecule has 0 aliphatic carbocycles. The molecule has 8 nitrogen and oxygen atoms in total. The first-order valence-electron chi connectivity index (χ1n) is 10.2. The molecule has 0 atom stereocenters. The number of rotatable bonds is 6. The van der Waals surface area contributed by atoms with Crippen LogP contribution in [0.25, 0.3) is 11.6 Å².